The molecule has 1 N–H and O–H groups in total. The summed E-state index contributed by atoms with van der Waals surface area (Å²) in [6, 6.07) is 4.44. The molecule has 2 aromatic rings. The van der Waals surface area contributed by atoms with E-state index < -0.39 is 0 Å². The van der Waals surface area contributed by atoms with Crippen LogP contribution in [-0.2, 0) is 4.74 Å². The molecule has 1 aromatic carbocycles. The highest BCUT2D eigenvalue weighted by Gasteiger charge is 2.14. The van der Waals surface area contributed by atoms with E-state index in [9.17, 15) is 0 Å². The van der Waals surface area contributed by atoms with E-state index in [2.05, 4.69) is 69.9 Å². The summed E-state index contributed by atoms with van der Waals surface area (Å²) in [6.45, 7) is 8.97. The van der Waals surface area contributed by atoms with Crippen LogP contribution in [0, 0.1) is 20.8 Å². The number of imidazole rings is 1. The molecule has 4 nitrogen and oxygen atoms in total. The minimum atomic E-state index is 0.231. The van der Waals surface area contributed by atoms with Gasteiger partial charge in [-0.15, -0.1) is 0 Å². The number of halogens is 1. The van der Waals surface area contributed by atoms with Crippen molar-refractivity contribution in [2.24, 2.45) is 0 Å². The van der Waals surface area contributed by atoms with E-state index >= 15 is 0 Å². The molecule has 0 aliphatic carbocycles. The van der Waals surface area contributed by atoms with Gasteiger partial charge in [0.25, 0.3) is 0 Å². The van der Waals surface area contributed by atoms with Gasteiger partial charge in [0.05, 0.1) is 18.3 Å². The van der Waals surface area contributed by atoms with Gasteiger partial charge in [0.1, 0.15) is 0 Å². The average molecular weight is 352 g/mol. The molecule has 0 amide bonds. The van der Waals surface area contributed by atoms with Gasteiger partial charge in [-0.25, -0.2) is 4.98 Å². The number of ether oxygens (including phenoxy) is 1. The van der Waals surface area contributed by atoms with Crippen molar-refractivity contribution in [3.8, 4) is 0 Å². The second-order valence-electron chi connectivity index (χ2n) is 5.46. The summed E-state index contributed by atoms with van der Waals surface area (Å²) >= 11 is 3.53. The van der Waals surface area contributed by atoms with Gasteiger partial charge in [0.2, 0.25) is 5.95 Å². The van der Waals surface area contributed by atoms with Gasteiger partial charge >= 0.3 is 0 Å². The van der Waals surface area contributed by atoms with E-state index in [0.29, 0.717) is 6.61 Å². The lowest BCUT2D eigenvalue weighted by Gasteiger charge is -2.18. The number of anilines is 2. The molecule has 0 saturated carbocycles. The summed E-state index contributed by atoms with van der Waals surface area (Å²) in [5.41, 5.74) is 4.48. The fourth-order valence-corrected chi connectivity index (χ4v) is 3.17. The van der Waals surface area contributed by atoms with E-state index in [4.69, 9.17) is 4.74 Å². The molecule has 0 radical (unpaired) electrons. The lowest BCUT2D eigenvalue weighted by atomic mass is 10.1. The third kappa shape index (κ3) is 3.66. The zero-order valence-corrected chi connectivity index (χ0v) is 14.8. The monoisotopic (exact) mass is 351 g/mol. The van der Waals surface area contributed by atoms with Crippen molar-refractivity contribution in [3.05, 3.63) is 39.6 Å². The van der Waals surface area contributed by atoms with Crippen LogP contribution in [0.5, 0.6) is 0 Å². The van der Waals surface area contributed by atoms with E-state index in [1.807, 2.05) is 6.92 Å². The van der Waals surface area contributed by atoms with Crippen molar-refractivity contribution in [1.82, 2.24) is 9.55 Å². The number of aromatic nitrogens is 2. The van der Waals surface area contributed by atoms with Crippen LogP contribution in [0.25, 0.3) is 0 Å². The molecule has 1 heterocycles. The SMILES string of the molecule is COCC(C)n1cc(C)nc1Nc1c(C)cc(Br)cc1C. The molecule has 1 unspecified atom stereocenters. The molecule has 0 bridgehead atoms. The van der Waals surface area contributed by atoms with Crippen LogP contribution >= 0.6 is 15.9 Å². The lowest BCUT2D eigenvalue weighted by Crippen LogP contribution is -2.13. The number of hydrogen-bond donors (Lipinski definition) is 1. The fraction of sp³-hybridized carbons (Fsp3) is 0.438. The van der Waals surface area contributed by atoms with Gasteiger partial charge in [-0.2, -0.15) is 0 Å². The standard InChI is InChI=1S/C16H22BrN3O/c1-10-6-14(17)7-11(2)15(10)19-16-18-12(3)8-20(16)13(4)9-21-5/h6-8,13H,9H2,1-5H3,(H,18,19). The smallest absolute Gasteiger partial charge is 0.207 e. The van der Waals surface area contributed by atoms with Crippen LogP contribution in [0.3, 0.4) is 0 Å². The molecule has 0 aliphatic heterocycles. The van der Waals surface area contributed by atoms with Gasteiger partial charge in [-0.3, -0.25) is 0 Å². The summed E-state index contributed by atoms with van der Waals surface area (Å²) in [5, 5.41) is 3.47. The summed E-state index contributed by atoms with van der Waals surface area (Å²) in [6.07, 6.45) is 2.05. The Kier molecular flexibility index (Phi) is 5.06. The molecular weight excluding hydrogens is 330 g/mol. The largest absolute Gasteiger partial charge is 0.383 e. The molecule has 0 aliphatic rings. The van der Waals surface area contributed by atoms with Crippen LogP contribution in [0.1, 0.15) is 29.8 Å². The van der Waals surface area contributed by atoms with Gasteiger partial charge in [0, 0.05) is 23.5 Å². The third-order valence-electron chi connectivity index (χ3n) is 3.47. The van der Waals surface area contributed by atoms with Crippen LogP contribution in [0.2, 0.25) is 0 Å². The summed E-state index contributed by atoms with van der Waals surface area (Å²) in [7, 11) is 1.72. The lowest BCUT2D eigenvalue weighted by molar-refractivity contribution is 0.163. The number of aryl methyl sites for hydroxylation is 3. The Morgan fingerprint density at radius 1 is 1.29 bits per heavy atom. The number of nitrogens with zero attached hydrogens (tertiary/aromatic N) is 2. The first-order valence-electron chi connectivity index (χ1n) is 7.00. The van der Waals surface area contributed by atoms with Gasteiger partial charge in [0.15, 0.2) is 0 Å². The minimum Gasteiger partial charge on any atom is -0.383 e. The molecule has 5 heteroatoms. The van der Waals surface area contributed by atoms with Crippen molar-refractivity contribution in [2.45, 2.75) is 33.7 Å². The zero-order chi connectivity index (χ0) is 15.6. The molecule has 2 rings (SSSR count). The molecule has 114 valence electrons. The van der Waals surface area contributed by atoms with Gasteiger partial charge < -0.3 is 14.6 Å². The van der Waals surface area contributed by atoms with E-state index in [1.54, 1.807) is 7.11 Å². The Morgan fingerprint density at radius 3 is 2.48 bits per heavy atom. The van der Waals surface area contributed by atoms with E-state index in [-0.39, 0.29) is 6.04 Å². The summed E-state index contributed by atoms with van der Waals surface area (Å²) in [5.74, 6) is 0.852. The highest BCUT2D eigenvalue weighted by atomic mass is 79.9. The van der Waals surface area contributed by atoms with Crippen molar-refractivity contribution in [2.75, 3.05) is 19.0 Å². The summed E-state index contributed by atoms with van der Waals surface area (Å²) in [4.78, 5) is 4.60. The Balaban J connectivity index is 2.36. The Hall–Kier alpha value is -1.33. The molecular formula is C16H22BrN3O. The number of nitrogens with one attached hydrogen (secondary N) is 1. The molecule has 0 fully saturated rings. The molecule has 21 heavy (non-hydrogen) atoms. The van der Waals surface area contributed by atoms with E-state index in [1.165, 1.54) is 11.1 Å². The topological polar surface area (TPSA) is 39.1 Å². The predicted molar refractivity (Wildman–Crippen MR) is 90.4 cm³/mol. The number of rotatable bonds is 5. The Bertz CT molecular complexity index is 613. The molecule has 0 spiro atoms. The first kappa shape index (κ1) is 16.0. The maximum atomic E-state index is 5.25. The maximum Gasteiger partial charge on any atom is 0.207 e. The van der Waals surface area contributed by atoms with Crippen LogP contribution in [0.4, 0.5) is 11.6 Å². The van der Waals surface area contributed by atoms with Crippen LogP contribution in [-0.4, -0.2) is 23.3 Å². The zero-order valence-electron chi connectivity index (χ0n) is 13.2. The number of methoxy groups -OCH3 is 1. The molecule has 1 aromatic heterocycles. The normalized spacial score (nSPS) is 12.5. The Morgan fingerprint density at radius 2 is 1.90 bits per heavy atom. The minimum absolute atomic E-state index is 0.231. The molecule has 1 atom stereocenters. The van der Waals surface area contributed by atoms with Gasteiger partial charge in [-0.05, 0) is 51.0 Å². The number of hydrogen-bond acceptors (Lipinski definition) is 3. The van der Waals surface area contributed by atoms with Crippen molar-refractivity contribution >= 4 is 27.6 Å². The molecule has 0 saturated heterocycles. The summed E-state index contributed by atoms with van der Waals surface area (Å²) < 4.78 is 8.47. The third-order valence-corrected chi connectivity index (χ3v) is 3.93. The predicted octanol–water partition coefficient (Wildman–Crippen LogP) is 4.52. The first-order chi connectivity index (χ1) is 9.92. The number of benzene rings is 1. The highest BCUT2D eigenvalue weighted by Crippen LogP contribution is 2.28. The second kappa shape index (κ2) is 6.62. The van der Waals surface area contributed by atoms with Crippen molar-refractivity contribution in [3.63, 3.8) is 0 Å². The average Bonchev–Trinajstić information content (AvgIpc) is 2.75. The van der Waals surface area contributed by atoms with Gasteiger partial charge in [-0.1, -0.05) is 15.9 Å². The fourth-order valence-electron chi connectivity index (χ4n) is 2.49. The quantitative estimate of drug-likeness (QED) is 0.860. The van der Waals surface area contributed by atoms with Crippen molar-refractivity contribution < 1.29 is 4.74 Å². The second-order valence-corrected chi connectivity index (χ2v) is 6.37. The van der Waals surface area contributed by atoms with E-state index in [0.717, 1.165) is 21.8 Å². The van der Waals surface area contributed by atoms with Crippen molar-refractivity contribution in [1.29, 1.82) is 0 Å². The van der Waals surface area contributed by atoms with Crippen LogP contribution < -0.4 is 5.32 Å². The Labute approximate surface area is 134 Å². The van der Waals surface area contributed by atoms with Crippen LogP contribution in [0.15, 0.2) is 22.8 Å². The first-order valence-corrected chi connectivity index (χ1v) is 7.80. The highest BCUT2D eigenvalue weighted by molar-refractivity contribution is 9.10. The maximum absolute atomic E-state index is 5.25.